The van der Waals surface area contributed by atoms with Gasteiger partial charge in [0.15, 0.2) is 0 Å². The number of rotatable bonds is 6. The maximum atomic E-state index is 10.8. The lowest BCUT2D eigenvalue weighted by atomic mass is 10.3. The van der Waals surface area contributed by atoms with E-state index in [0.29, 0.717) is 13.1 Å². The van der Waals surface area contributed by atoms with Gasteiger partial charge in [0, 0.05) is 25.5 Å². The highest BCUT2D eigenvalue weighted by atomic mass is 16.4. The van der Waals surface area contributed by atoms with E-state index in [0.717, 1.165) is 16.9 Å². The van der Waals surface area contributed by atoms with Crippen LogP contribution >= 0.6 is 0 Å². The van der Waals surface area contributed by atoms with Crippen molar-refractivity contribution >= 4 is 11.6 Å². The second kappa shape index (κ2) is 5.67. The van der Waals surface area contributed by atoms with E-state index in [1.165, 1.54) is 0 Å². The third-order valence-electron chi connectivity index (χ3n) is 2.86. The first-order valence-corrected chi connectivity index (χ1v) is 6.08. The van der Waals surface area contributed by atoms with Crippen molar-refractivity contribution in [2.24, 2.45) is 0 Å². The topological polar surface area (TPSA) is 57.8 Å². The van der Waals surface area contributed by atoms with Gasteiger partial charge in [0.2, 0.25) is 0 Å². The molecule has 0 fully saturated rings. The van der Waals surface area contributed by atoms with Gasteiger partial charge in [-0.25, -0.2) is 4.98 Å². The monoisotopic (exact) mass is 259 g/mol. The molecule has 0 saturated carbocycles. The van der Waals surface area contributed by atoms with Crippen LogP contribution < -0.4 is 0 Å². The molecule has 2 rings (SSSR count). The summed E-state index contributed by atoms with van der Waals surface area (Å²) in [6.07, 6.45) is 5.57. The number of fused-ring (bicyclic) bond motifs is 1. The standard InChI is InChI=1S/C14H17N3O2/c1-3-6-16(10-13(18)19)8-12-9-17-7-4-5-11(2)14(17)15-12/h3-5,7,9H,1,6,8,10H2,2H3,(H,18,19). The Balaban J connectivity index is 2.21. The van der Waals surface area contributed by atoms with Crippen LogP contribution in [-0.4, -0.2) is 38.4 Å². The van der Waals surface area contributed by atoms with Gasteiger partial charge < -0.3 is 9.51 Å². The fraction of sp³-hybridized carbons (Fsp3) is 0.286. The number of imidazole rings is 1. The van der Waals surface area contributed by atoms with Crippen LogP contribution in [-0.2, 0) is 11.3 Å². The Kier molecular flexibility index (Phi) is 3.97. The minimum Gasteiger partial charge on any atom is -0.480 e. The van der Waals surface area contributed by atoms with Gasteiger partial charge in [-0.1, -0.05) is 12.1 Å². The van der Waals surface area contributed by atoms with Gasteiger partial charge in [-0.05, 0) is 18.6 Å². The Morgan fingerprint density at radius 3 is 3.05 bits per heavy atom. The van der Waals surface area contributed by atoms with E-state index >= 15 is 0 Å². The van der Waals surface area contributed by atoms with Crippen LogP contribution in [0.2, 0.25) is 0 Å². The number of carbonyl (C=O) groups is 1. The lowest BCUT2D eigenvalue weighted by molar-refractivity contribution is -0.138. The largest absolute Gasteiger partial charge is 0.480 e. The molecule has 5 heteroatoms. The first-order chi connectivity index (χ1) is 9.10. The Hall–Kier alpha value is -2.14. The number of aromatic nitrogens is 2. The summed E-state index contributed by atoms with van der Waals surface area (Å²) in [5.74, 6) is -0.846. The fourth-order valence-electron chi connectivity index (χ4n) is 2.07. The summed E-state index contributed by atoms with van der Waals surface area (Å²) in [6.45, 7) is 6.66. The van der Waals surface area contributed by atoms with Crippen LogP contribution in [0.4, 0.5) is 0 Å². The zero-order valence-electron chi connectivity index (χ0n) is 10.9. The molecule has 100 valence electrons. The lowest BCUT2D eigenvalue weighted by Crippen LogP contribution is -2.29. The van der Waals surface area contributed by atoms with Crippen LogP contribution in [0.1, 0.15) is 11.3 Å². The predicted molar refractivity (Wildman–Crippen MR) is 73.0 cm³/mol. The van der Waals surface area contributed by atoms with Crippen LogP contribution in [0.25, 0.3) is 5.65 Å². The highest BCUT2D eigenvalue weighted by Crippen LogP contribution is 2.11. The minimum atomic E-state index is -0.846. The number of carboxylic acid groups (broad SMARTS) is 1. The molecule has 0 radical (unpaired) electrons. The van der Waals surface area contributed by atoms with Crippen molar-refractivity contribution in [1.29, 1.82) is 0 Å². The van der Waals surface area contributed by atoms with Gasteiger partial charge in [-0.15, -0.1) is 6.58 Å². The first-order valence-electron chi connectivity index (χ1n) is 6.08. The molecule has 0 aliphatic carbocycles. The van der Waals surface area contributed by atoms with E-state index in [9.17, 15) is 4.79 Å². The Morgan fingerprint density at radius 1 is 1.63 bits per heavy atom. The summed E-state index contributed by atoms with van der Waals surface area (Å²) in [6, 6.07) is 3.97. The number of aryl methyl sites for hydroxylation is 1. The van der Waals surface area contributed by atoms with E-state index in [1.54, 1.807) is 11.0 Å². The van der Waals surface area contributed by atoms with Gasteiger partial charge >= 0.3 is 5.97 Å². The van der Waals surface area contributed by atoms with Gasteiger partial charge in [0.1, 0.15) is 5.65 Å². The zero-order valence-corrected chi connectivity index (χ0v) is 10.9. The van der Waals surface area contributed by atoms with Gasteiger partial charge in [-0.3, -0.25) is 9.69 Å². The molecule has 0 atom stereocenters. The van der Waals surface area contributed by atoms with Gasteiger partial charge in [0.25, 0.3) is 0 Å². The molecule has 0 spiro atoms. The molecule has 2 aromatic rings. The van der Waals surface area contributed by atoms with Crippen molar-refractivity contribution in [2.75, 3.05) is 13.1 Å². The number of aliphatic carboxylic acids is 1. The molecule has 2 heterocycles. The van der Waals surface area contributed by atoms with E-state index in [1.807, 2.05) is 35.9 Å². The third kappa shape index (κ3) is 3.20. The van der Waals surface area contributed by atoms with E-state index in [-0.39, 0.29) is 6.54 Å². The second-order valence-corrected chi connectivity index (χ2v) is 4.51. The molecule has 0 aliphatic rings. The van der Waals surface area contributed by atoms with Crippen molar-refractivity contribution in [2.45, 2.75) is 13.5 Å². The average Bonchev–Trinajstić information content (AvgIpc) is 2.72. The van der Waals surface area contributed by atoms with Crippen molar-refractivity contribution in [1.82, 2.24) is 14.3 Å². The summed E-state index contributed by atoms with van der Waals surface area (Å²) in [7, 11) is 0. The smallest absolute Gasteiger partial charge is 0.317 e. The van der Waals surface area contributed by atoms with Crippen LogP contribution in [0.5, 0.6) is 0 Å². The highest BCUT2D eigenvalue weighted by Gasteiger charge is 2.11. The van der Waals surface area contributed by atoms with Crippen LogP contribution in [0, 0.1) is 6.92 Å². The highest BCUT2D eigenvalue weighted by molar-refractivity contribution is 5.69. The van der Waals surface area contributed by atoms with Crippen molar-refractivity contribution in [3.63, 3.8) is 0 Å². The zero-order chi connectivity index (χ0) is 13.8. The molecule has 2 aromatic heterocycles. The van der Waals surface area contributed by atoms with E-state index < -0.39 is 5.97 Å². The maximum absolute atomic E-state index is 10.8. The maximum Gasteiger partial charge on any atom is 0.317 e. The number of nitrogens with zero attached hydrogens (tertiary/aromatic N) is 3. The fourth-order valence-corrected chi connectivity index (χ4v) is 2.07. The first kappa shape index (κ1) is 13.3. The summed E-state index contributed by atoms with van der Waals surface area (Å²) in [4.78, 5) is 17.1. The predicted octanol–water partition coefficient (Wildman–Crippen LogP) is 1.72. The number of carboxylic acids is 1. The van der Waals surface area contributed by atoms with Gasteiger partial charge in [-0.2, -0.15) is 0 Å². The molecule has 0 bridgehead atoms. The molecule has 0 saturated heterocycles. The Labute approximate surface area is 111 Å². The molecule has 5 nitrogen and oxygen atoms in total. The molecule has 1 N–H and O–H groups in total. The van der Waals surface area contributed by atoms with Crippen molar-refractivity contribution in [3.05, 3.63) is 48.4 Å². The summed E-state index contributed by atoms with van der Waals surface area (Å²) in [5.41, 5.74) is 2.87. The summed E-state index contributed by atoms with van der Waals surface area (Å²) < 4.78 is 1.96. The summed E-state index contributed by atoms with van der Waals surface area (Å²) in [5, 5.41) is 8.87. The molecule has 0 aromatic carbocycles. The Morgan fingerprint density at radius 2 is 2.42 bits per heavy atom. The second-order valence-electron chi connectivity index (χ2n) is 4.51. The molecule has 0 aliphatic heterocycles. The van der Waals surface area contributed by atoms with E-state index in [2.05, 4.69) is 11.6 Å². The normalized spacial score (nSPS) is 11.1. The molecule has 0 amide bonds. The molecule has 0 unspecified atom stereocenters. The molecular weight excluding hydrogens is 242 g/mol. The molecule has 19 heavy (non-hydrogen) atoms. The van der Waals surface area contributed by atoms with Crippen molar-refractivity contribution < 1.29 is 9.90 Å². The van der Waals surface area contributed by atoms with E-state index in [4.69, 9.17) is 5.11 Å². The van der Waals surface area contributed by atoms with Crippen LogP contribution in [0.3, 0.4) is 0 Å². The third-order valence-corrected chi connectivity index (χ3v) is 2.86. The number of hydrogen-bond donors (Lipinski definition) is 1. The minimum absolute atomic E-state index is 0.0150. The quantitative estimate of drug-likeness (QED) is 0.802. The summed E-state index contributed by atoms with van der Waals surface area (Å²) >= 11 is 0. The SMILES string of the molecule is C=CCN(CC(=O)O)Cc1cn2cccc(C)c2n1. The van der Waals surface area contributed by atoms with Crippen molar-refractivity contribution in [3.8, 4) is 0 Å². The molecular formula is C14H17N3O2. The van der Waals surface area contributed by atoms with Gasteiger partial charge in [0.05, 0.1) is 12.2 Å². The Bertz CT molecular complexity index is 604. The number of hydrogen-bond acceptors (Lipinski definition) is 3. The number of pyridine rings is 1. The average molecular weight is 259 g/mol. The lowest BCUT2D eigenvalue weighted by Gasteiger charge is -2.16. The van der Waals surface area contributed by atoms with Crippen LogP contribution in [0.15, 0.2) is 37.2 Å².